The summed E-state index contributed by atoms with van der Waals surface area (Å²) >= 11 is 0. The molecule has 72 valence electrons. The van der Waals surface area contributed by atoms with Crippen LogP contribution in [0.3, 0.4) is 0 Å². The van der Waals surface area contributed by atoms with Gasteiger partial charge in [-0.3, -0.25) is 0 Å². The van der Waals surface area contributed by atoms with E-state index < -0.39 is 6.10 Å². The maximum Gasteiger partial charge on any atom is 0.103 e. The van der Waals surface area contributed by atoms with Crippen LogP contribution < -0.4 is 0 Å². The highest BCUT2D eigenvalue weighted by Crippen LogP contribution is 2.10. The lowest BCUT2D eigenvalue weighted by Gasteiger charge is -2.24. The molecule has 0 aliphatic heterocycles. The molecule has 0 unspecified atom stereocenters. The Morgan fingerprint density at radius 3 is 2.42 bits per heavy atom. The normalized spacial score (nSPS) is 16.1. The summed E-state index contributed by atoms with van der Waals surface area (Å²) in [5, 5.41) is 18.0. The van der Waals surface area contributed by atoms with Crippen LogP contribution in [0.25, 0.3) is 0 Å². The van der Waals surface area contributed by atoms with Crippen molar-refractivity contribution >= 4 is 0 Å². The molecule has 0 saturated carbocycles. The van der Waals surface area contributed by atoms with E-state index in [4.69, 9.17) is 9.84 Å². The van der Waals surface area contributed by atoms with Gasteiger partial charge in [-0.1, -0.05) is 19.9 Å². The molecule has 3 heteroatoms. The molecule has 0 aromatic rings. The average Bonchev–Trinajstić information content (AvgIpc) is 2.04. The first-order chi connectivity index (χ1) is 5.63. The van der Waals surface area contributed by atoms with Gasteiger partial charge in [0.1, 0.15) is 6.10 Å². The Labute approximate surface area is 73.7 Å². The van der Waals surface area contributed by atoms with E-state index in [-0.39, 0.29) is 18.6 Å². The number of aliphatic hydroxyl groups is 2. The monoisotopic (exact) mass is 174 g/mol. The zero-order valence-corrected chi connectivity index (χ0v) is 7.73. The highest BCUT2D eigenvalue weighted by Gasteiger charge is 2.21. The Kier molecular flexibility index (Phi) is 5.98. The molecule has 0 amide bonds. The standard InChI is InChI=1S/C9H18O3/c1-4-5-12-9(7(2)3)8(11)6-10/h4,7-11H,1,5-6H2,2-3H3/t8-,9+/m0/s1. The van der Waals surface area contributed by atoms with Crippen molar-refractivity contribution in [2.24, 2.45) is 5.92 Å². The molecule has 0 aromatic heterocycles. The van der Waals surface area contributed by atoms with Crippen LogP contribution in [-0.4, -0.2) is 35.6 Å². The zero-order chi connectivity index (χ0) is 9.56. The van der Waals surface area contributed by atoms with Crippen molar-refractivity contribution in [1.29, 1.82) is 0 Å². The highest BCUT2D eigenvalue weighted by molar-refractivity contribution is 4.74. The number of rotatable bonds is 6. The summed E-state index contributed by atoms with van der Waals surface area (Å²) in [5.74, 6) is 0.187. The van der Waals surface area contributed by atoms with Crippen LogP contribution in [0.5, 0.6) is 0 Å². The molecule has 0 bridgehead atoms. The van der Waals surface area contributed by atoms with Gasteiger partial charge in [0.05, 0.1) is 19.3 Å². The maximum absolute atomic E-state index is 9.31. The Balaban J connectivity index is 3.93. The summed E-state index contributed by atoms with van der Waals surface area (Å²) in [6.07, 6.45) is 0.511. The number of hydrogen-bond acceptors (Lipinski definition) is 3. The largest absolute Gasteiger partial charge is 0.394 e. The number of hydrogen-bond donors (Lipinski definition) is 2. The summed E-state index contributed by atoms with van der Waals surface area (Å²) in [4.78, 5) is 0. The van der Waals surface area contributed by atoms with Crippen LogP contribution >= 0.6 is 0 Å². The molecule has 0 spiro atoms. The van der Waals surface area contributed by atoms with E-state index in [9.17, 15) is 5.11 Å². The summed E-state index contributed by atoms with van der Waals surface area (Å²) in [6.45, 7) is 7.52. The van der Waals surface area contributed by atoms with Crippen molar-refractivity contribution in [3.05, 3.63) is 12.7 Å². The second kappa shape index (κ2) is 6.17. The second-order valence-electron chi connectivity index (χ2n) is 3.08. The van der Waals surface area contributed by atoms with Gasteiger partial charge in [0, 0.05) is 0 Å². The number of aliphatic hydroxyl groups excluding tert-OH is 2. The topological polar surface area (TPSA) is 49.7 Å². The van der Waals surface area contributed by atoms with Crippen molar-refractivity contribution in [1.82, 2.24) is 0 Å². The highest BCUT2D eigenvalue weighted by atomic mass is 16.5. The third-order valence-corrected chi connectivity index (χ3v) is 1.63. The Morgan fingerprint density at radius 1 is 1.50 bits per heavy atom. The van der Waals surface area contributed by atoms with Gasteiger partial charge < -0.3 is 14.9 Å². The van der Waals surface area contributed by atoms with Crippen LogP contribution in [-0.2, 0) is 4.74 Å². The van der Waals surface area contributed by atoms with Crippen LogP contribution in [0.15, 0.2) is 12.7 Å². The van der Waals surface area contributed by atoms with Crippen molar-refractivity contribution in [3.63, 3.8) is 0 Å². The van der Waals surface area contributed by atoms with E-state index in [1.165, 1.54) is 0 Å². The predicted octanol–water partition coefficient (Wildman–Crippen LogP) is 0.567. The quantitative estimate of drug-likeness (QED) is 0.579. The third-order valence-electron chi connectivity index (χ3n) is 1.63. The lowest BCUT2D eigenvalue weighted by atomic mass is 10.0. The van der Waals surface area contributed by atoms with Crippen LogP contribution in [0, 0.1) is 5.92 Å². The van der Waals surface area contributed by atoms with Crippen molar-refractivity contribution in [3.8, 4) is 0 Å². The minimum atomic E-state index is -0.801. The van der Waals surface area contributed by atoms with Crippen LogP contribution in [0.4, 0.5) is 0 Å². The molecule has 0 aliphatic carbocycles. The molecule has 2 atom stereocenters. The lowest BCUT2D eigenvalue weighted by molar-refractivity contribution is -0.0703. The maximum atomic E-state index is 9.31. The Hall–Kier alpha value is -0.380. The molecule has 0 saturated heterocycles. The van der Waals surface area contributed by atoms with Crippen molar-refractivity contribution in [2.75, 3.05) is 13.2 Å². The van der Waals surface area contributed by atoms with E-state index in [0.717, 1.165) is 0 Å². The molecule has 0 fully saturated rings. The summed E-state index contributed by atoms with van der Waals surface area (Å²) in [6, 6.07) is 0. The molecule has 0 radical (unpaired) electrons. The van der Waals surface area contributed by atoms with E-state index in [1.54, 1.807) is 6.08 Å². The van der Waals surface area contributed by atoms with Crippen LogP contribution in [0.2, 0.25) is 0 Å². The molecule has 0 heterocycles. The van der Waals surface area contributed by atoms with Gasteiger partial charge in [0.15, 0.2) is 0 Å². The first-order valence-corrected chi connectivity index (χ1v) is 4.14. The fraction of sp³-hybridized carbons (Fsp3) is 0.778. The molecule has 12 heavy (non-hydrogen) atoms. The lowest BCUT2D eigenvalue weighted by Crippen LogP contribution is -2.36. The molecule has 3 nitrogen and oxygen atoms in total. The Morgan fingerprint density at radius 2 is 2.08 bits per heavy atom. The zero-order valence-electron chi connectivity index (χ0n) is 7.73. The average molecular weight is 174 g/mol. The molecule has 2 N–H and O–H groups in total. The first kappa shape index (κ1) is 11.6. The van der Waals surface area contributed by atoms with Gasteiger partial charge in [-0.15, -0.1) is 6.58 Å². The minimum Gasteiger partial charge on any atom is -0.394 e. The SMILES string of the molecule is C=CCO[C@H](C(C)C)[C@@H](O)CO. The molecule has 0 aromatic carbocycles. The van der Waals surface area contributed by atoms with Gasteiger partial charge in [-0.25, -0.2) is 0 Å². The molecular formula is C9H18O3. The summed E-state index contributed by atoms with van der Waals surface area (Å²) in [7, 11) is 0. The Bertz CT molecular complexity index is 123. The van der Waals surface area contributed by atoms with Crippen LogP contribution in [0.1, 0.15) is 13.8 Å². The van der Waals surface area contributed by atoms with Gasteiger partial charge in [0.25, 0.3) is 0 Å². The van der Waals surface area contributed by atoms with Gasteiger partial charge >= 0.3 is 0 Å². The second-order valence-corrected chi connectivity index (χ2v) is 3.08. The molecule has 0 rings (SSSR count). The fourth-order valence-electron chi connectivity index (χ4n) is 1.03. The van der Waals surface area contributed by atoms with E-state index in [1.807, 2.05) is 13.8 Å². The van der Waals surface area contributed by atoms with E-state index in [0.29, 0.717) is 6.61 Å². The minimum absolute atomic E-state index is 0.187. The van der Waals surface area contributed by atoms with Gasteiger partial charge in [-0.2, -0.15) is 0 Å². The van der Waals surface area contributed by atoms with Crippen molar-refractivity contribution < 1.29 is 14.9 Å². The summed E-state index contributed by atoms with van der Waals surface area (Å²) < 4.78 is 5.28. The van der Waals surface area contributed by atoms with E-state index >= 15 is 0 Å². The van der Waals surface area contributed by atoms with Gasteiger partial charge in [-0.05, 0) is 5.92 Å². The fourth-order valence-corrected chi connectivity index (χ4v) is 1.03. The summed E-state index contributed by atoms with van der Waals surface area (Å²) in [5.41, 5.74) is 0. The smallest absolute Gasteiger partial charge is 0.103 e. The predicted molar refractivity (Wildman–Crippen MR) is 47.9 cm³/mol. The third kappa shape index (κ3) is 3.85. The van der Waals surface area contributed by atoms with Crippen molar-refractivity contribution in [2.45, 2.75) is 26.1 Å². The first-order valence-electron chi connectivity index (χ1n) is 4.14. The number of ether oxygens (including phenoxy) is 1. The van der Waals surface area contributed by atoms with E-state index in [2.05, 4.69) is 6.58 Å². The molecule has 0 aliphatic rings. The molecular weight excluding hydrogens is 156 g/mol. The van der Waals surface area contributed by atoms with Gasteiger partial charge in [0.2, 0.25) is 0 Å².